The zero-order chi connectivity index (χ0) is 13.1. The topological polar surface area (TPSA) is 37.8 Å². The normalized spacial score (nSPS) is 9.85. The van der Waals surface area contributed by atoms with Crippen LogP contribution in [0.5, 0.6) is 0 Å². The summed E-state index contributed by atoms with van der Waals surface area (Å²) in [5, 5.41) is 6.14. The predicted molar refractivity (Wildman–Crippen MR) is 79.8 cm³/mol. The zero-order valence-electron chi connectivity index (χ0n) is 10.9. The molecule has 0 aliphatic carbocycles. The van der Waals surface area contributed by atoms with Gasteiger partial charge >= 0.3 is 0 Å². The van der Waals surface area contributed by atoms with E-state index in [1.807, 2.05) is 42.6 Å². The van der Waals surface area contributed by atoms with Gasteiger partial charge in [-0.2, -0.15) is 0 Å². The van der Waals surface area contributed by atoms with Crippen LogP contribution in [0.1, 0.15) is 5.56 Å². The Balaban J connectivity index is 0.00000147. The van der Waals surface area contributed by atoms with Crippen molar-refractivity contribution in [2.45, 2.75) is 6.92 Å². The molecule has 1 N–H and O–H groups in total. The largest absolute Gasteiger partial charge is 1.00 e. The van der Waals surface area contributed by atoms with Crippen LogP contribution in [0, 0.1) is 6.92 Å². The highest BCUT2D eigenvalue weighted by atomic mass is 79.9. The average molecular weight is 347 g/mol. The molecule has 3 rings (SSSR count). The van der Waals surface area contributed by atoms with Gasteiger partial charge in [0.25, 0.3) is 0 Å². The summed E-state index contributed by atoms with van der Waals surface area (Å²) in [6.45, 7) is 2.05. The number of nitrogens with zero attached hydrogens (tertiary/aromatic N) is 2. The van der Waals surface area contributed by atoms with E-state index in [0.717, 1.165) is 22.2 Å². The number of hydrogen-bond acceptors (Lipinski definition) is 4. The van der Waals surface area contributed by atoms with E-state index in [4.69, 9.17) is 0 Å². The molecule has 0 bridgehead atoms. The molecule has 102 valence electrons. The van der Waals surface area contributed by atoms with Crippen LogP contribution in [0.3, 0.4) is 0 Å². The van der Waals surface area contributed by atoms with Gasteiger partial charge in [-0.15, -0.1) is 11.3 Å². The Labute approximate surface area is 132 Å². The fraction of sp³-hybridized carbons (Fsp3) is 0.0667. The summed E-state index contributed by atoms with van der Waals surface area (Å²) in [5.41, 5.74) is 3.29. The number of halogens is 1. The van der Waals surface area contributed by atoms with Crippen molar-refractivity contribution in [2.24, 2.45) is 0 Å². The zero-order valence-corrected chi connectivity index (χ0v) is 13.3. The number of hydrogen-bond donors (Lipinski definition) is 1. The Kier molecular flexibility index (Phi) is 4.87. The summed E-state index contributed by atoms with van der Waals surface area (Å²) in [4.78, 5) is 8.85. The predicted octanol–water partition coefficient (Wildman–Crippen LogP) is 1.26. The number of anilines is 2. The molecular weight excluding hydrogens is 334 g/mol. The van der Waals surface area contributed by atoms with Gasteiger partial charge in [-0.1, -0.05) is 30.3 Å². The number of benzene rings is 1. The quantitative estimate of drug-likeness (QED) is 0.775. The van der Waals surface area contributed by atoms with Crippen molar-refractivity contribution in [1.29, 1.82) is 0 Å². The van der Waals surface area contributed by atoms with Gasteiger partial charge in [-0.25, -0.2) is 9.97 Å². The van der Waals surface area contributed by atoms with Gasteiger partial charge in [-0.05, 0) is 24.6 Å². The van der Waals surface area contributed by atoms with E-state index in [2.05, 4.69) is 27.4 Å². The van der Waals surface area contributed by atoms with Crippen LogP contribution in [0.25, 0.3) is 11.3 Å². The first-order valence-electron chi connectivity index (χ1n) is 6.02. The molecule has 0 radical (unpaired) electrons. The molecule has 0 spiro atoms. The number of aromatic nitrogens is 2. The molecule has 20 heavy (non-hydrogen) atoms. The third kappa shape index (κ3) is 3.43. The maximum absolute atomic E-state index is 4.57. The number of rotatable bonds is 3. The molecule has 0 fully saturated rings. The lowest BCUT2D eigenvalue weighted by molar-refractivity contribution is -0.00000390. The van der Waals surface area contributed by atoms with Crippen LogP contribution in [-0.2, 0) is 0 Å². The maximum Gasteiger partial charge on any atom is 0.188 e. The molecular formula is C15H13BrN3S-. The van der Waals surface area contributed by atoms with E-state index in [1.165, 1.54) is 5.56 Å². The average Bonchev–Trinajstić information content (AvgIpc) is 2.88. The summed E-state index contributed by atoms with van der Waals surface area (Å²) in [6, 6.07) is 14.1. The third-order valence-electron chi connectivity index (χ3n) is 2.72. The van der Waals surface area contributed by atoms with Crippen molar-refractivity contribution >= 4 is 22.3 Å². The molecule has 0 unspecified atom stereocenters. The van der Waals surface area contributed by atoms with Crippen LogP contribution in [0.2, 0.25) is 0 Å². The highest BCUT2D eigenvalue weighted by molar-refractivity contribution is 7.14. The molecule has 5 heteroatoms. The van der Waals surface area contributed by atoms with Crippen LogP contribution in [-0.4, -0.2) is 9.97 Å². The summed E-state index contributed by atoms with van der Waals surface area (Å²) in [6.07, 6.45) is 1.80. The Morgan fingerprint density at radius 1 is 1.10 bits per heavy atom. The van der Waals surface area contributed by atoms with Crippen LogP contribution in [0.15, 0.2) is 54.0 Å². The molecule has 0 saturated carbocycles. The number of aryl methyl sites for hydroxylation is 1. The SMILES string of the molecule is Cc1ccnc(Nc2nc(-c3ccccc3)cs2)c1.[Br-]. The first kappa shape index (κ1) is 14.7. The Morgan fingerprint density at radius 3 is 2.65 bits per heavy atom. The van der Waals surface area contributed by atoms with Crippen molar-refractivity contribution < 1.29 is 17.0 Å². The van der Waals surface area contributed by atoms with Crippen molar-refractivity contribution in [3.05, 3.63) is 59.6 Å². The van der Waals surface area contributed by atoms with E-state index in [9.17, 15) is 0 Å². The minimum Gasteiger partial charge on any atom is -1.00 e. The minimum atomic E-state index is 0. The number of nitrogens with one attached hydrogen (secondary N) is 1. The summed E-state index contributed by atoms with van der Waals surface area (Å²) < 4.78 is 0. The fourth-order valence-corrected chi connectivity index (χ4v) is 2.51. The Hall–Kier alpha value is -1.72. The molecule has 2 heterocycles. The van der Waals surface area contributed by atoms with Crippen LogP contribution >= 0.6 is 11.3 Å². The molecule has 2 aromatic heterocycles. The second-order valence-corrected chi connectivity index (χ2v) is 5.11. The lowest BCUT2D eigenvalue weighted by atomic mass is 10.2. The van der Waals surface area contributed by atoms with Gasteiger partial charge in [0.1, 0.15) is 5.82 Å². The number of pyridine rings is 1. The first-order chi connectivity index (χ1) is 9.31. The number of thiazole rings is 1. The summed E-state index contributed by atoms with van der Waals surface area (Å²) in [5.74, 6) is 0.828. The van der Waals surface area contributed by atoms with Crippen molar-refractivity contribution in [3.63, 3.8) is 0 Å². The molecule has 0 saturated heterocycles. The van der Waals surface area contributed by atoms with Crippen molar-refractivity contribution in [3.8, 4) is 11.3 Å². The first-order valence-corrected chi connectivity index (χ1v) is 6.90. The lowest BCUT2D eigenvalue weighted by Gasteiger charge is -2.01. The molecule has 1 aromatic carbocycles. The molecule has 3 aromatic rings. The summed E-state index contributed by atoms with van der Waals surface area (Å²) in [7, 11) is 0. The summed E-state index contributed by atoms with van der Waals surface area (Å²) >= 11 is 1.58. The van der Waals surface area contributed by atoms with E-state index < -0.39 is 0 Å². The smallest absolute Gasteiger partial charge is 0.188 e. The van der Waals surface area contributed by atoms with Crippen molar-refractivity contribution in [2.75, 3.05) is 5.32 Å². The van der Waals surface area contributed by atoms with Crippen LogP contribution in [0.4, 0.5) is 10.9 Å². The third-order valence-corrected chi connectivity index (χ3v) is 3.48. The van der Waals surface area contributed by atoms with Crippen molar-refractivity contribution in [1.82, 2.24) is 9.97 Å². The van der Waals surface area contributed by atoms with Gasteiger partial charge in [0.2, 0.25) is 0 Å². The lowest BCUT2D eigenvalue weighted by Crippen LogP contribution is -3.00. The Bertz CT molecular complexity index is 682. The highest BCUT2D eigenvalue weighted by Gasteiger charge is 2.04. The van der Waals surface area contributed by atoms with Gasteiger partial charge in [0, 0.05) is 17.1 Å². The van der Waals surface area contributed by atoms with Gasteiger partial charge in [0.05, 0.1) is 5.69 Å². The maximum atomic E-state index is 4.57. The molecule has 0 aliphatic heterocycles. The second-order valence-electron chi connectivity index (χ2n) is 4.25. The standard InChI is InChI=1S/C15H13N3S.BrH/c1-11-7-8-16-14(9-11)18-15-17-13(10-19-15)12-5-3-2-4-6-12;/h2-10H,1H3,(H,16,17,18);1H/p-1. The monoisotopic (exact) mass is 346 g/mol. The minimum absolute atomic E-state index is 0. The van der Waals surface area contributed by atoms with Gasteiger partial charge < -0.3 is 22.3 Å². The highest BCUT2D eigenvalue weighted by Crippen LogP contribution is 2.26. The molecule has 0 aliphatic rings. The van der Waals surface area contributed by atoms with Gasteiger partial charge in [-0.3, -0.25) is 0 Å². The van der Waals surface area contributed by atoms with E-state index in [-0.39, 0.29) is 17.0 Å². The van der Waals surface area contributed by atoms with Gasteiger partial charge in [0.15, 0.2) is 5.13 Å². The van der Waals surface area contributed by atoms with Crippen LogP contribution < -0.4 is 22.3 Å². The second kappa shape index (κ2) is 6.63. The van der Waals surface area contributed by atoms with E-state index >= 15 is 0 Å². The molecule has 0 atom stereocenters. The van der Waals surface area contributed by atoms with E-state index in [1.54, 1.807) is 17.5 Å². The Morgan fingerprint density at radius 2 is 1.90 bits per heavy atom. The fourth-order valence-electron chi connectivity index (χ4n) is 1.79. The molecule has 3 nitrogen and oxygen atoms in total. The van der Waals surface area contributed by atoms with E-state index in [0.29, 0.717) is 0 Å². The molecule has 0 amide bonds.